The van der Waals surface area contributed by atoms with Crippen LogP contribution in [0.15, 0.2) is 65.8 Å². The molecule has 0 bridgehead atoms. The largest absolute Gasteiger partial charge is 0.299 e. The van der Waals surface area contributed by atoms with Crippen molar-refractivity contribution in [1.29, 1.82) is 0 Å². The van der Waals surface area contributed by atoms with E-state index in [0.29, 0.717) is 12.2 Å². The van der Waals surface area contributed by atoms with Gasteiger partial charge in [-0.2, -0.15) is 0 Å². The van der Waals surface area contributed by atoms with Gasteiger partial charge in [-0.15, -0.1) is 0 Å². The summed E-state index contributed by atoms with van der Waals surface area (Å²) >= 11 is 0. The molecule has 1 fully saturated rings. The van der Waals surface area contributed by atoms with Crippen molar-refractivity contribution in [3.05, 3.63) is 71.3 Å². The van der Waals surface area contributed by atoms with Crippen LogP contribution in [0.4, 0.5) is 0 Å². The van der Waals surface area contributed by atoms with Gasteiger partial charge in [-0.3, -0.25) is 4.79 Å². The van der Waals surface area contributed by atoms with E-state index >= 15 is 0 Å². The first-order chi connectivity index (χ1) is 8.77. The molecule has 0 spiro atoms. The van der Waals surface area contributed by atoms with Gasteiger partial charge < -0.3 is 0 Å². The van der Waals surface area contributed by atoms with Crippen molar-refractivity contribution >= 4 is 5.78 Å². The Morgan fingerprint density at radius 2 is 1.78 bits per heavy atom. The molecule has 0 heterocycles. The predicted octanol–water partition coefficient (Wildman–Crippen LogP) is 3.80. The van der Waals surface area contributed by atoms with Crippen molar-refractivity contribution in [2.45, 2.75) is 19.3 Å². The maximum absolute atomic E-state index is 12.2. The van der Waals surface area contributed by atoms with Gasteiger partial charge >= 0.3 is 0 Å². The number of ketones is 1. The van der Waals surface area contributed by atoms with Crippen LogP contribution in [0, 0.1) is 5.92 Å². The molecule has 1 nitrogen and oxygen atoms in total. The number of carbonyl (C=O) groups is 1. The monoisotopic (exact) mass is 236 g/mol. The first-order valence-electron chi connectivity index (χ1n) is 6.40. The van der Waals surface area contributed by atoms with E-state index < -0.39 is 0 Å². The highest BCUT2D eigenvalue weighted by Crippen LogP contribution is 2.44. The van der Waals surface area contributed by atoms with Gasteiger partial charge in [-0.05, 0) is 18.1 Å². The zero-order chi connectivity index (χ0) is 12.5. The molecule has 0 amide bonds. The number of fused-ring (bicyclic) bond motifs is 1. The summed E-state index contributed by atoms with van der Waals surface area (Å²) in [6, 6.07) is 10.3. The van der Waals surface area contributed by atoms with E-state index in [-0.39, 0.29) is 11.8 Å². The van der Waals surface area contributed by atoms with E-state index in [1.165, 1.54) is 16.7 Å². The second-order valence-electron chi connectivity index (χ2n) is 5.03. The van der Waals surface area contributed by atoms with Crippen molar-refractivity contribution in [3.63, 3.8) is 0 Å². The Morgan fingerprint density at radius 1 is 1.06 bits per heavy atom. The van der Waals surface area contributed by atoms with Crippen LogP contribution in [0.2, 0.25) is 0 Å². The molecule has 3 rings (SSSR count). The molecule has 0 radical (unpaired) electrons. The summed E-state index contributed by atoms with van der Waals surface area (Å²) in [5.74, 6) is 0.618. The smallest absolute Gasteiger partial charge is 0.145 e. The van der Waals surface area contributed by atoms with Gasteiger partial charge in [-0.25, -0.2) is 0 Å². The summed E-state index contributed by atoms with van der Waals surface area (Å²) in [4.78, 5) is 12.2. The number of hydrogen-bond donors (Lipinski definition) is 0. The van der Waals surface area contributed by atoms with Crippen LogP contribution in [-0.2, 0) is 4.79 Å². The topological polar surface area (TPSA) is 17.1 Å². The minimum absolute atomic E-state index is 0.00482. The molecule has 2 atom stereocenters. The molecule has 0 aliphatic heterocycles. The van der Waals surface area contributed by atoms with E-state index in [9.17, 15) is 4.79 Å². The molecule has 2 aliphatic rings. The van der Waals surface area contributed by atoms with Crippen molar-refractivity contribution < 1.29 is 4.79 Å². The van der Waals surface area contributed by atoms with E-state index in [2.05, 4.69) is 31.2 Å². The summed E-state index contributed by atoms with van der Waals surface area (Å²) in [5, 5.41) is 0. The van der Waals surface area contributed by atoms with Crippen LogP contribution in [0.3, 0.4) is 0 Å². The highest BCUT2D eigenvalue weighted by Gasteiger charge is 2.38. The minimum atomic E-state index is 0.00482. The third-order valence-electron chi connectivity index (χ3n) is 3.88. The SMILES string of the molecule is CC1=CC=CC=C2C1C(=O)C[C@@H]2c1ccccc1. The highest BCUT2D eigenvalue weighted by molar-refractivity contribution is 5.92. The summed E-state index contributed by atoms with van der Waals surface area (Å²) in [6.45, 7) is 2.06. The Bertz CT molecular complexity index is 561. The normalized spacial score (nSPS) is 26.4. The molecule has 1 saturated carbocycles. The molecule has 1 aromatic rings. The zero-order valence-corrected chi connectivity index (χ0v) is 10.5. The molecule has 1 heteroatoms. The Kier molecular flexibility index (Phi) is 2.75. The summed E-state index contributed by atoms with van der Waals surface area (Å²) in [5.41, 5.74) is 3.68. The fraction of sp³-hybridized carbons (Fsp3) is 0.235. The van der Waals surface area contributed by atoms with Gasteiger partial charge in [0.2, 0.25) is 0 Å². The maximum Gasteiger partial charge on any atom is 0.145 e. The Hall–Kier alpha value is -1.89. The van der Waals surface area contributed by atoms with Gasteiger partial charge in [0.1, 0.15) is 5.78 Å². The van der Waals surface area contributed by atoms with Crippen LogP contribution in [0.5, 0.6) is 0 Å². The van der Waals surface area contributed by atoms with Crippen molar-refractivity contribution in [2.24, 2.45) is 5.92 Å². The summed E-state index contributed by atoms with van der Waals surface area (Å²) in [7, 11) is 0. The van der Waals surface area contributed by atoms with Gasteiger partial charge in [0, 0.05) is 12.3 Å². The number of carbonyl (C=O) groups excluding carboxylic acids is 1. The van der Waals surface area contributed by atoms with Gasteiger partial charge in [0.05, 0.1) is 5.92 Å². The fourth-order valence-corrected chi connectivity index (χ4v) is 3.02. The standard InChI is InChI=1S/C17H16O/c1-12-7-5-6-10-14-15(11-16(18)17(12)14)13-8-3-2-4-9-13/h2-10,15,17H,11H2,1H3/t15-,17?/m1/s1. The number of rotatable bonds is 1. The van der Waals surface area contributed by atoms with Gasteiger partial charge in [0.25, 0.3) is 0 Å². The Labute approximate surface area is 108 Å². The molecule has 2 aliphatic carbocycles. The summed E-state index contributed by atoms with van der Waals surface area (Å²) < 4.78 is 0. The number of allylic oxidation sites excluding steroid dienone is 6. The summed E-state index contributed by atoms with van der Waals surface area (Å²) in [6.07, 6.45) is 8.89. The molecule has 18 heavy (non-hydrogen) atoms. The van der Waals surface area contributed by atoms with Crippen LogP contribution in [0.1, 0.15) is 24.8 Å². The molecule has 0 saturated heterocycles. The van der Waals surface area contributed by atoms with Crippen LogP contribution in [0.25, 0.3) is 0 Å². The van der Waals surface area contributed by atoms with Crippen molar-refractivity contribution in [2.75, 3.05) is 0 Å². The molecule has 0 aromatic heterocycles. The van der Waals surface area contributed by atoms with Crippen molar-refractivity contribution in [3.8, 4) is 0 Å². The first-order valence-corrected chi connectivity index (χ1v) is 6.40. The predicted molar refractivity (Wildman–Crippen MR) is 73.3 cm³/mol. The number of hydrogen-bond acceptors (Lipinski definition) is 1. The van der Waals surface area contributed by atoms with Crippen LogP contribution < -0.4 is 0 Å². The average Bonchev–Trinajstić information content (AvgIpc) is 2.59. The molecule has 0 N–H and O–H groups in total. The van der Waals surface area contributed by atoms with E-state index in [1.807, 2.05) is 30.4 Å². The van der Waals surface area contributed by atoms with E-state index in [1.54, 1.807) is 0 Å². The molecular weight excluding hydrogens is 220 g/mol. The molecular formula is C17H16O. The number of benzene rings is 1. The van der Waals surface area contributed by atoms with Gasteiger partial charge in [-0.1, -0.05) is 60.2 Å². The third-order valence-corrected chi connectivity index (χ3v) is 3.88. The lowest BCUT2D eigenvalue weighted by atomic mass is 9.88. The van der Waals surface area contributed by atoms with Crippen LogP contribution >= 0.6 is 0 Å². The lowest BCUT2D eigenvalue weighted by Crippen LogP contribution is -2.09. The first kappa shape index (κ1) is 11.2. The second-order valence-corrected chi connectivity index (χ2v) is 5.03. The second kappa shape index (κ2) is 4.41. The van der Waals surface area contributed by atoms with Crippen LogP contribution in [-0.4, -0.2) is 5.78 Å². The van der Waals surface area contributed by atoms with Gasteiger partial charge in [0.15, 0.2) is 0 Å². The zero-order valence-electron chi connectivity index (χ0n) is 10.5. The van der Waals surface area contributed by atoms with E-state index in [4.69, 9.17) is 0 Å². The quantitative estimate of drug-likeness (QED) is 0.724. The average molecular weight is 236 g/mol. The maximum atomic E-state index is 12.2. The number of Topliss-reactive ketones (excluding diaryl/α,β-unsaturated/α-hetero) is 1. The fourth-order valence-electron chi connectivity index (χ4n) is 3.02. The van der Waals surface area contributed by atoms with E-state index in [0.717, 1.165) is 0 Å². The highest BCUT2D eigenvalue weighted by atomic mass is 16.1. The van der Waals surface area contributed by atoms with Crippen molar-refractivity contribution in [1.82, 2.24) is 0 Å². The Balaban J connectivity index is 2.05. The Morgan fingerprint density at radius 3 is 2.56 bits per heavy atom. The lowest BCUT2D eigenvalue weighted by molar-refractivity contribution is -0.119. The molecule has 1 aromatic carbocycles. The lowest BCUT2D eigenvalue weighted by Gasteiger charge is -2.15. The third kappa shape index (κ3) is 1.76. The molecule has 1 unspecified atom stereocenters. The molecule has 90 valence electrons. The minimum Gasteiger partial charge on any atom is -0.299 e.